The second-order valence-electron chi connectivity index (χ2n) is 5.06. The van der Waals surface area contributed by atoms with Crippen LogP contribution in [0.2, 0.25) is 0 Å². The highest BCUT2D eigenvalue weighted by Gasteiger charge is 2.20. The maximum Gasteiger partial charge on any atom is 0.137 e. The third-order valence-electron chi connectivity index (χ3n) is 3.04. The lowest BCUT2D eigenvalue weighted by Crippen LogP contribution is -2.33. The summed E-state index contributed by atoms with van der Waals surface area (Å²) in [5.41, 5.74) is 1.11. The number of nitrogens with one attached hydrogen (secondary N) is 1. The fourth-order valence-corrected chi connectivity index (χ4v) is 2.13. The van der Waals surface area contributed by atoms with Crippen LogP contribution < -0.4 is 10.2 Å². The van der Waals surface area contributed by atoms with Crippen LogP contribution in [0.4, 0.5) is 11.6 Å². The molecule has 5 heteroatoms. The summed E-state index contributed by atoms with van der Waals surface area (Å²) in [6, 6.07) is 2.50. The lowest BCUT2D eigenvalue weighted by molar-refractivity contribution is 0.665. The predicted molar refractivity (Wildman–Crippen MR) is 78.4 cm³/mol. The molecule has 5 nitrogen and oxygen atoms in total. The van der Waals surface area contributed by atoms with Crippen LogP contribution in [0.1, 0.15) is 45.6 Å². The van der Waals surface area contributed by atoms with Crippen LogP contribution >= 0.6 is 0 Å². The number of anilines is 2. The molecule has 0 fully saturated rings. The van der Waals surface area contributed by atoms with Crippen molar-refractivity contribution in [3.63, 3.8) is 0 Å². The van der Waals surface area contributed by atoms with E-state index in [1.165, 1.54) is 0 Å². The quantitative estimate of drug-likeness (QED) is 0.853. The van der Waals surface area contributed by atoms with Crippen molar-refractivity contribution in [1.82, 2.24) is 9.97 Å². The van der Waals surface area contributed by atoms with Crippen LogP contribution in [0, 0.1) is 11.3 Å². The van der Waals surface area contributed by atoms with Crippen LogP contribution in [0.3, 0.4) is 0 Å². The molecule has 1 aromatic rings. The Hall–Kier alpha value is -1.83. The van der Waals surface area contributed by atoms with Gasteiger partial charge in [0, 0.05) is 25.2 Å². The number of nitrogens with zero attached hydrogens (tertiary/aromatic N) is 4. The summed E-state index contributed by atoms with van der Waals surface area (Å²) in [6.45, 7) is 9.18. The van der Waals surface area contributed by atoms with Crippen LogP contribution in [0.25, 0.3) is 0 Å². The number of hydrogen-bond acceptors (Lipinski definition) is 5. The van der Waals surface area contributed by atoms with Crippen molar-refractivity contribution in [2.75, 3.05) is 23.8 Å². The first kappa shape index (κ1) is 15.2. The van der Waals surface area contributed by atoms with E-state index >= 15 is 0 Å². The standard InChI is InChI=1S/C14H23N5/c1-10(2)12-13(16-5)17-9-18-14(12)19(11(3)4)8-6-7-15/h9-11H,6,8H2,1-5H3,(H,16,17,18). The predicted octanol–water partition coefficient (Wildman–Crippen LogP) is 2.77. The molecule has 1 N–H and O–H groups in total. The van der Waals surface area contributed by atoms with Crippen LogP contribution in [-0.2, 0) is 0 Å². The average Bonchev–Trinajstić information content (AvgIpc) is 2.38. The van der Waals surface area contributed by atoms with E-state index in [-0.39, 0.29) is 0 Å². The summed E-state index contributed by atoms with van der Waals surface area (Å²) >= 11 is 0. The molecule has 0 saturated heterocycles. The summed E-state index contributed by atoms with van der Waals surface area (Å²) in [4.78, 5) is 10.9. The van der Waals surface area contributed by atoms with E-state index in [0.717, 1.165) is 17.2 Å². The van der Waals surface area contributed by atoms with E-state index in [1.54, 1.807) is 6.33 Å². The first-order chi connectivity index (χ1) is 9.02. The van der Waals surface area contributed by atoms with Gasteiger partial charge in [0.2, 0.25) is 0 Å². The molecule has 0 aliphatic carbocycles. The molecular formula is C14H23N5. The minimum absolute atomic E-state index is 0.297. The van der Waals surface area contributed by atoms with Crippen LogP contribution in [0.5, 0.6) is 0 Å². The lowest BCUT2D eigenvalue weighted by atomic mass is 10.0. The van der Waals surface area contributed by atoms with Gasteiger partial charge in [0.1, 0.15) is 18.0 Å². The monoisotopic (exact) mass is 261 g/mol. The van der Waals surface area contributed by atoms with Gasteiger partial charge in [0.25, 0.3) is 0 Å². The highest BCUT2D eigenvalue weighted by Crippen LogP contribution is 2.31. The molecule has 1 aromatic heterocycles. The van der Waals surface area contributed by atoms with Crippen molar-refractivity contribution in [3.05, 3.63) is 11.9 Å². The number of aromatic nitrogens is 2. The molecule has 0 aliphatic rings. The topological polar surface area (TPSA) is 64.8 Å². The Morgan fingerprint density at radius 1 is 1.32 bits per heavy atom. The third kappa shape index (κ3) is 3.57. The largest absolute Gasteiger partial charge is 0.373 e. The Labute approximate surface area is 115 Å². The van der Waals surface area contributed by atoms with Gasteiger partial charge in [-0.25, -0.2) is 9.97 Å². The first-order valence-corrected chi connectivity index (χ1v) is 6.69. The van der Waals surface area contributed by atoms with E-state index in [1.807, 2.05) is 7.05 Å². The number of rotatable bonds is 6. The second-order valence-corrected chi connectivity index (χ2v) is 5.06. The van der Waals surface area contributed by atoms with Gasteiger partial charge < -0.3 is 10.2 Å². The first-order valence-electron chi connectivity index (χ1n) is 6.69. The number of nitriles is 1. The normalized spacial score (nSPS) is 10.6. The smallest absolute Gasteiger partial charge is 0.137 e. The van der Waals surface area contributed by atoms with Crippen LogP contribution in [-0.4, -0.2) is 29.6 Å². The highest BCUT2D eigenvalue weighted by molar-refractivity contribution is 5.60. The number of hydrogen-bond donors (Lipinski definition) is 1. The van der Waals surface area contributed by atoms with Gasteiger partial charge in [-0.2, -0.15) is 5.26 Å². The maximum atomic E-state index is 8.80. The molecule has 0 aromatic carbocycles. The van der Waals surface area contributed by atoms with Gasteiger partial charge >= 0.3 is 0 Å². The summed E-state index contributed by atoms with van der Waals surface area (Å²) in [7, 11) is 1.87. The van der Waals surface area contributed by atoms with E-state index < -0.39 is 0 Å². The van der Waals surface area contributed by atoms with Crippen molar-refractivity contribution in [2.24, 2.45) is 0 Å². The lowest BCUT2D eigenvalue weighted by Gasteiger charge is -2.30. The molecule has 0 amide bonds. The highest BCUT2D eigenvalue weighted by atomic mass is 15.2. The molecule has 19 heavy (non-hydrogen) atoms. The maximum absolute atomic E-state index is 8.80. The Kier molecular flexibility index (Phi) is 5.56. The molecule has 0 spiro atoms. The van der Waals surface area contributed by atoms with Crippen molar-refractivity contribution in [2.45, 2.75) is 46.1 Å². The summed E-state index contributed by atoms with van der Waals surface area (Å²) in [6.07, 6.45) is 2.07. The molecule has 0 saturated carbocycles. The van der Waals surface area contributed by atoms with Crippen molar-refractivity contribution in [3.8, 4) is 6.07 Å². The van der Waals surface area contributed by atoms with E-state index in [0.29, 0.717) is 24.9 Å². The summed E-state index contributed by atoms with van der Waals surface area (Å²) in [5.74, 6) is 2.11. The summed E-state index contributed by atoms with van der Waals surface area (Å²) in [5, 5.41) is 11.9. The van der Waals surface area contributed by atoms with Gasteiger partial charge in [0.15, 0.2) is 0 Å². The molecule has 0 atom stereocenters. The Morgan fingerprint density at radius 3 is 2.47 bits per heavy atom. The van der Waals surface area contributed by atoms with Gasteiger partial charge in [-0.3, -0.25) is 0 Å². The minimum atomic E-state index is 0.297. The SMILES string of the molecule is CNc1ncnc(N(CCC#N)C(C)C)c1C(C)C. The fraction of sp³-hybridized carbons (Fsp3) is 0.643. The molecule has 0 unspecified atom stereocenters. The molecule has 1 rings (SSSR count). The van der Waals surface area contributed by atoms with E-state index in [9.17, 15) is 0 Å². The van der Waals surface area contributed by atoms with E-state index in [2.05, 4.69) is 53.9 Å². The molecule has 0 aliphatic heterocycles. The average molecular weight is 261 g/mol. The van der Waals surface area contributed by atoms with Gasteiger partial charge in [-0.15, -0.1) is 0 Å². The molecule has 104 valence electrons. The Morgan fingerprint density at radius 2 is 2.00 bits per heavy atom. The zero-order valence-corrected chi connectivity index (χ0v) is 12.4. The molecule has 1 heterocycles. The van der Waals surface area contributed by atoms with Crippen molar-refractivity contribution < 1.29 is 0 Å². The van der Waals surface area contributed by atoms with Gasteiger partial charge in [0.05, 0.1) is 12.5 Å². The molecule has 0 bridgehead atoms. The third-order valence-corrected chi connectivity index (χ3v) is 3.04. The summed E-state index contributed by atoms with van der Waals surface area (Å²) < 4.78 is 0. The van der Waals surface area contributed by atoms with E-state index in [4.69, 9.17) is 5.26 Å². The van der Waals surface area contributed by atoms with Gasteiger partial charge in [-0.05, 0) is 19.8 Å². The zero-order chi connectivity index (χ0) is 14.4. The minimum Gasteiger partial charge on any atom is -0.373 e. The van der Waals surface area contributed by atoms with Crippen LogP contribution in [0.15, 0.2) is 6.33 Å². The Balaban J connectivity index is 3.25. The van der Waals surface area contributed by atoms with Gasteiger partial charge in [-0.1, -0.05) is 13.8 Å². The van der Waals surface area contributed by atoms with Crippen molar-refractivity contribution in [1.29, 1.82) is 5.26 Å². The Bertz CT molecular complexity index is 448. The van der Waals surface area contributed by atoms with Crippen molar-refractivity contribution >= 4 is 11.6 Å². The molecule has 0 radical (unpaired) electrons. The molecular weight excluding hydrogens is 238 g/mol. The second kappa shape index (κ2) is 6.93. The zero-order valence-electron chi connectivity index (χ0n) is 12.4. The fourth-order valence-electron chi connectivity index (χ4n) is 2.13.